The van der Waals surface area contributed by atoms with Gasteiger partial charge in [-0.2, -0.15) is 0 Å². The Bertz CT molecular complexity index is 729. The first-order valence-corrected chi connectivity index (χ1v) is 18.4. The quantitative estimate of drug-likeness (QED) is 0.0549. The van der Waals surface area contributed by atoms with Crippen molar-refractivity contribution in [3.05, 3.63) is 0 Å². The minimum Gasteiger partial charge on any atom is -0.394 e. The fraction of sp³-hybridized carbons (Fsp3) is 0.971. The molecule has 0 radical (unpaired) electrons. The highest BCUT2D eigenvalue weighted by molar-refractivity contribution is 5.80. The fourth-order valence-corrected chi connectivity index (χ4v) is 5.97. The van der Waals surface area contributed by atoms with Crippen LogP contribution in [0.5, 0.6) is 0 Å². The lowest BCUT2D eigenvalue weighted by Crippen LogP contribution is -2.60. The zero-order valence-electron chi connectivity index (χ0n) is 28.8. The van der Waals surface area contributed by atoms with Crippen molar-refractivity contribution in [2.75, 3.05) is 13.2 Å². The number of amides is 1. The minimum absolute atomic E-state index is 0.264. The summed E-state index contributed by atoms with van der Waals surface area (Å²) in [7, 11) is 0. The summed E-state index contributed by atoms with van der Waals surface area (Å²) in [6.07, 6.45) is 10.4. The Kier molecular flexibility index (Phi) is 25.3. The van der Waals surface area contributed by atoms with E-state index < -0.39 is 74.2 Å². The summed E-state index contributed by atoms with van der Waals surface area (Å²) in [6.45, 7) is 3.34. The maximum atomic E-state index is 12.9. The van der Waals surface area contributed by atoms with Crippen LogP contribution in [0.15, 0.2) is 0 Å². The normalized spacial score (nSPS) is 24.4. The van der Waals surface area contributed by atoms with Gasteiger partial charge in [-0.1, -0.05) is 136 Å². The molecule has 0 spiro atoms. The summed E-state index contributed by atoms with van der Waals surface area (Å²) in [6, 6.07) is -1.16. The summed E-state index contributed by atoms with van der Waals surface area (Å²) in [5.74, 6) is -0.701. The second-order valence-electron chi connectivity index (χ2n) is 13.3. The van der Waals surface area contributed by atoms with Gasteiger partial charge in [0, 0.05) is 0 Å². The number of hydrogen-bond acceptors (Lipinski definition) is 10. The smallest absolute Gasteiger partial charge is 0.249 e. The zero-order valence-corrected chi connectivity index (χ0v) is 28.8. The standard InChI is InChI=1S/C35H69NO10/c1-3-5-7-9-11-13-14-15-17-19-21-23-28(39)34(44)36-26(25-45-35-33(43)32(42)31(41)29(24-37)46-35)30(40)27(38)22-20-18-16-12-10-8-6-4-2/h26-33,35,37-43H,3-25H2,1-2H3,(H,36,44). The molecule has 1 heterocycles. The number of hydrogen-bond donors (Lipinski definition) is 8. The van der Waals surface area contributed by atoms with E-state index in [0.717, 1.165) is 38.5 Å². The van der Waals surface area contributed by atoms with Gasteiger partial charge in [-0.25, -0.2) is 0 Å². The van der Waals surface area contributed by atoms with Gasteiger partial charge < -0.3 is 50.5 Å². The second-order valence-corrected chi connectivity index (χ2v) is 13.3. The average molecular weight is 664 g/mol. The van der Waals surface area contributed by atoms with Crippen LogP contribution in [0.3, 0.4) is 0 Å². The van der Waals surface area contributed by atoms with Crippen molar-refractivity contribution in [2.45, 2.75) is 204 Å². The molecule has 9 unspecified atom stereocenters. The maximum Gasteiger partial charge on any atom is 0.249 e. The predicted molar refractivity (Wildman–Crippen MR) is 178 cm³/mol. The SMILES string of the molecule is CCCCCCCCCCCCCC(O)C(=O)NC(COC1OC(CO)C(O)C(O)C1O)C(O)C(O)CCCCCCCCCC. The van der Waals surface area contributed by atoms with E-state index in [1.54, 1.807) is 0 Å². The third-order valence-electron chi connectivity index (χ3n) is 9.16. The number of carbonyl (C=O) groups excluding carboxylic acids is 1. The van der Waals surface area contributed by atoms with E-state index in [-0.39, 0.29) is 6.42 Å². The number of unbranched alkanes of at least 4 members (excludes halogenated alkanes) is 17. The molecule has 274 valence electrons. The van der Waals surface area contributed by atoms with E-state index >= 15 is 0 Å². The number of rotatable bonds is 29. The van der Waals surface area contributed by atoms with Crippen LogP contribution in [0.4, 0.5) is 0 Å². The van der Waals surface area contributed by atoms with Gasteiger partial charge in [-0.15, -0.1) is 0 Å². The largest absolute Gasteiger partial charge is 0.394 e. The summed E-state index contributed by atoms with van der Waals surface area (Å²) >= 11 is 0. The maximum absolute atomic E-state index is 12.9. The Balaban J connectivity index is 2.60. The molecule has 1 saturated heterocycles. The molecule has 11 nitrogen and oxygen atoms in total. The third-order valence-corrected chi connectivity index (χ3v) is 9.16. The van der Waals surface area contributed by atoms with E-state index in [0.29, 0.717) is 19.3 Å². The molecule has 9 atom stereocenters. The van der Waals surface area contributed by atoms with Gasteiger partial charge in [-0.3, -0.25) is 4.79 Å². The van der Waals surface area contributed by atoms with Crippen molar-refractivity contribution in [1.82, 2.24) is 5.32 Å². The van der Waals surface area contributed by atoms with Crippen molar-refractivity contribution in [2.24, 2.45) is 0 Å². The van der Waals surface area contributed by atoms with Gasteiger partial charge in [0.2, 0.25) is 5.91 Å². The molecular weight excluding hydrogens is 594 g/mol. The lowest BCUT2D eigenvalue weighted by molar-refractivity contribution is -0.303. The lowest BCUT2D eigenvalue weighted by Gasteiger charge is -2.40. The first-order chi connectivity index (χ1) is 22.2. The minimum atomic E-state index is -1.65. The molecule has 0 saturated carbocycles. The van der Waals surface area contributed by atoms with Gasteiger partial charge in [0.1, 0.15) is 36.6 Å². The Morgan fingerprint density at radius 1 is 0.674 bits per heavy atom. The molecule has 8 N–H and O–H groups in total. The van der Waals surface area contributed by atoms with E-state index in [2.05, 4.69) is 19.2 Å². The summed E-state index contributed by atoms with van der Waals surface area (Å²) in [5.41, 5.74) is 0. The Morgan fingerprint density at radius 2 is 1.13 bits per heavy atom. The van der Waals surface area contributed by atoms with Crippen LogP contribution in [0.25, 0.3) is 0 Å². The van der Waals surface area contributed by atoms with Crippen molar-refractivity contribution < 1.29 is 50.0 Å². The van der Waals surface area contributed by atoms with Gasteiger partial charge in [0.05, 0.1) is 25.4 Å². The molecule has 1 amide bonds. The van der Waals surface area contributed by atoms with Crippen molar-refractivity contribution in [3.63, 3.8) is 0 Å². The van der Waals surface area contributed by atoms with Gasteiger partial charge in [0.25, 0.3) is 0 Å². The molecule has 1 fully saturated rings. The topological polar surface area (TPSA) is 189 Å². The highest BCUT2D eigenvalue weighted by atomic mass is 16.7. The van der Waals surface area contributed by atoms with Crippen LogP contribution < -0.4 is 5.32 Å². The van der Waals surface area contributed by atoms with E-state index in [1.165, 1.54) is 70.6 Å². The average Bonchev–Trinajstić information content (AvgIpc) is 3.05. The van der Waals surface area contributed by atoms with Gasteiger partial charge >= 0.3 is 0 Å². The number of nitrogens with one attached hydrogen (secondary N) is 1. The highest BCUT2D eigenvalue weighted by Crippen LogP contribution is 2.23. The van der Waals surface area contributed by atoms with Crippen LogP contribution in [-0.4, -0.2) is 110 Å². The van der Waals surface area contributed by atoms with Crippen LogP contribution >= 0.6 is 0 Å². The molecule has 0 aromatic carbocycles. The molecule has 46 heavy (non-hydrogen) atoms. The number of ether oxygens (including phenoxy) is 2. The lowest BCUT2D eigenvalue weighted by atomic mass is 9.98. The fourth-order valence-electron chi connectivity index (χ4n) is 5.97. The monoisotopic (exact) mass is 663 g/mol. The molecule has 0 aromatic heterocycles. The zero-order chi connectivity index (χ0) is 34.2. The van der Waals surface area contributed by atoms with Gasteiger partial charge in [-0.05, 0) is 12.8 Å². The molecule has 0 aromatic rings. The van der Waals surface area contributed by atoms with Crippen LogP contribution in [0.2, 0.25) is 0 Å². The summed E-state index contributed by atoms with van der Waals surface area (Å²) in [4.78, 5) is 12.9. The predicted octanol–water partition coefficient (Wildman–Crippen LogP) is 3.60. The van der Waals surface area contributed by atoms with Crippen molar-refractivity contribution >= 4 is 5.91 Å². The first kappa shape index (κ1) is 43.1. The number of aliphatic hydroxyl groups excluding tert-OH is 7. The number of aliphatic hydroxyl groups is 7. The van der Waals surface area contributed by atoms with E-state index in [1.807, 2.05) is 0 Å². The van der Waals surface area contributed by atoms with Crippen LogP contribution in [-0.2, 0) is 14.3 Å². The first-order valence-electron chi connectivity index (χ1n) is 18.4. The van der Waals surface area contributed by atoms with Crippen LogP contribution in [0, 0.1) is 0 Å². The summed E-state index contributed by atoms with van der Waals surface area (Å²) in [5, 5.41) is 74.9. The van der Waals surface area contributed by atoms with E-state index in [9.17, 15) is 40.5 Å². The second kappa shape index (κ2) is 27.0. The third kappa shape index (κ3) is 18.0. The Labute approximate surface area is 278 Å². The van der Waals surface area contributed by atoms with Crippen molar-refractivity contribution in [3.8, 4) is 0 Å². The molecule has 0 bridgehead atoms. The van der Waals surface area contributed by atoms with Crippen LogP contribution in [0.1, 0.15) is 149 Å². The number of carbonyl (C=O) groups is 1. The molecule has 1 aliphatic heterocycles. The van der Waals surface area contributed by atoms with E-state index in [4.69, 9.17) is 9.47 Å². The molecule has 1 aliphatic rings. The molecule has 0 aliphatic carbocycles. The Morgan fingerprint density at radius 3 is 1.61 bits per heavy atom. The molecule has 11 heteroatoms. The highest BCUT2D eigenvalue weighted by Gasteiger charge is 2.44. The summed E-state index contributed by atoms with van der Waals surface area (Å²) < 4.78 is 11.0. The molecule has 1 rings (SSSR count). The Hall–Kier alpha value is -0.890. The van der Waals surface area contributed by atoms with Crippen molar-refractivity contribution in [1.29, 1.82) is 0 Å². The molecular formula is C35H69NO10. The van der Waals surface area contributed by atoms with Gasteiger partial charge in [0.15, 0.2) is 6.29 Å².